The molecule has 0 amide bonds. The number of hydrogen-bond acceptors (Lipinski definition) is 3. The number of benzene rings is 1. The lowest BCUT2D eigenvalue weighted by molar-refractivity contribution is 0.424. The van der Waals surface area contributed by atoms with Crippen molar-refractivity contribution in [3.05, 3.63) is 42.2 Å². The van der Waals surface area contributed by atoms with Gasteiger partial charge in [0.25, 0.3) is 0 Å². The van der Waals surface area contributed by atoms with Crippen molar-refractivity contribution in [2.24, 2.45) is 17.2 Å². The Morgan fingerprint density at radius 1 is 1.33 bits per heavy atom. The number of aromatic nitrogens is 1. The fourth-order valence-corrected chi connectivity index (χ4v) is 2.89. The first-order valence-corrected chi connectivity index (χ1v) is 6.42. The molecule has 0 radical (unpaired) electrons. The van der Waals surface area contributed by atoms with Gasteiger partial charge in [-0.15, -0.1) is 0 Å². The normalized spacial score (nSPS) is 22.9. The second kappa shape index (κ2) is 4.04. The van der Waals surface area contributed by atoms with Crippen LogP contribution in [0, 0.1) is 11.3 Å². The third-order valence-electron chi connectivity index (χ3n) is 4.21. The van der Waals surface area contributed by atoms with E-state index in [9.17, 15) is 0 Å². The summed E-state index contributed by atoms with van der Waals surface area (Å²) in [5, 5.41) is 2.42. The van der Waals surface area contributed by atoms with Gasteiger partial charge in [-0.3, -0.25) is 16.3 Å². The molecule has 1 heterocycles. The zero-order valence-corrected chi connectivity index (χ0v) is 10.9. The zero-order valence-electron chi connectivity index (χ0n) is 10.9. The maximum atomic E-state index is 5.78. The van der Waals surface area contributed by atoms with Crippen LogP contribution in [0.25, 0.3) is 10.8 Å². The molecule has 2 unspecified atom stereocenters. The van der Waals surface area contributed by atoms with E-state index >= 15 is 0 Å². The van der Waals surface area contributed by atoms with E-state index in [1.807, 2.05) is 18.5 Å². The van der Waals surface area contributed by atoms with Gasteiger partial charge >= 0.3 is 0 Å². The molecule has 18 heavy (non-hydrogen) atoms. The molecular formula is C15H19N3. The van der Waals surface area contributed by atoms with Crippen LogP contribution in [0.2, 0.25) is 0 Å². The first kappa shape index (κ1) is 11.6. The summed E-state index contributed by atoms with van der Waals surface area (Å²) < 4.78 is 0. The van der Waals surface area contributed by atoms with Crippen LogP contribution in [-0.4, -0.2) is 4.98 Å². The van der Waals surface area contributed by atoms with Crippen LogP contribution in [0.3, 0.4) is 0 Å². The lowest BCUT2D eigenvalue weighted by atomic mass is 9.95. The molecule has 94 valence electrons. The number of pyridine rings is 1. The number of hydrogen-bond donors (Lipinski definition) is 2. The largest absolute Gasteiger partial charge is 0.271 e. The summed E-state index contributed by atoms with van der Waals surface area (Å²) in [4.78, 5) is 4.34. The van der Waals surface area contributed by atoms with E-state index in [2.05, 4.69) is 42.5 Å². The first-order valence-electron chi connectivity index (χ1n) is 6.42. The number of nitrogens with two attached hydrogens (primary N) is 1. The monoisotopic (exact) mass is 241 g/mol. The SMILES string of the molecule is CC1(C)CC1C(NN)c1cncc2ccccc12. The highest BCUT2D eigenvalue weighted by molar-refractivity contribution is 5.85. The first-order chi connectivity index (χ1) is 8.63. The van der Waals surface area contributed by atoms with Crippen molar-refractivity contribution >= 4 is 10.8 Å². The van der Waals surface area contributed by atoms with Gasteiger partial charge < -0.3 is 0 Å². The highest BCUT2D eigenvalue weighted by atomic mass is 15.2. The molecule has 1 aromatic heterocycles. The Kier molecular flexibility index (Phi) is 2.61. The van der Waals surface area contributed by atoms with Gasteiger partial charge in [-0.25, -0.2) is 0 Å². The molecule has 3 heteroatoms. The third kappa shape index (κ3) is 1.80. The summed E-state index contributed by atoms with van der Waals surface area (Å²) >= 11 is 0. The molecule has 1 fully saturated rings. The molecule has 0 saturated heterocycles. The van der Waals surface area contributed by atoms with E-state index in [4.69, 9.17) is 5.84 Å². The summed E-state index contributed by atoms with van der Waals surface area (Å²) in [6, 6.07) is 8.54. The second-order valence-electron chi connectivity index (χ2n) is 5.89. The Balaban J connectivity index is 2.08. The van der Waals surface area contributed by atoms with E-state index in [1.165, 1.54) is 22.8 Å². The van der Waals surface area contributed by atoms with Crippen molar-refractivity contribution in [1.82, 2.24) is 10.4 Å². The standard InChI is InChI=1S/C15H19N3/c1-15(2)7-13(15)14(18-16)12-9-17-8-10-5-3-4-6-11(10)12/h3-6,8-9,13-14,18H,7,16H2,1-2H3. The van der Waals surface area contributed by atoms with Crippen molar-refractivity contribution in [2.45, 2.75) is 26.3 Å². The predicted molar refractivity (Wildman–Crippen MR) is 73.7 cm³/mol. The van der Waals surface area contributed by atoms with Crippen LogP contribution in [0.4, 0.5) is 0 Å². The molecular weight excluding hydrogens is 222 g/mol. The van der Waals surface area contributed by atoms with E-state index < -0.39 is 0 Å². The highest BCUT2D eigenvalue weighted by Gasteiger charge is 2.50. The molecule has 1 aliphatic carbocycles. The highest BCUT2D eigenvalue weighted by Crippen LogP contribution is 2.57. The van der Waals surface area contributed by atoms with Crippen molar-refractivity contribution in [2.75, 3.05) is 0 Å². The number of nitrogens with one attached hydrogen (secondary N) is 1. The van der Waals surface area contributed by atoms with Crippen molar-refractivity contribution in [1.29, 1.82) is 0 Å². The Morgan fingerprint density at radius 2 is 2.06 bits per heavy atom. The lowest BCUT2D eigenvalue weighted by Gasteiger charge is -2.19. The molecule has 3 N–H and O–H groups in total. The van der Waals surface area contributed by atoms with Gasteiger partial charge in [-0.2, -0.15) is 0 Å². The van der Waals surface area contributed by atoms with Gasteiger partial charge in [0.05, 0.1) is 6.04 Å². The Morgan fingerprint density at radius 3 is 2.72 bits per heavy atom. The maximum Gasteiger partial charge on any atom is 0.0514 e. The lowest BCUT2D eigenvalue weighted by Crippen LogP contribution is -2.30. The molecule has 0 bridgehead atoms. The quantitative estimate of drug-likeness (QED) is 0.641. The summed E-state index contributed by atoms with van der Waals surface area (Å²) in [5.74, 6) is 6.37. The van der Waals surface area contributed by atoms with Crippen LogP contribution in [-0.2, 0) is 0 Å². The van der Waals surface area contributed by atoms with Crippen LogP contribution in [0.15, 0.2) is 36.7 Å². The van der Waals surface area contributed by atoms with E-state index in [1.54, 1.807) is 0 Å². The average molecular weight is 241 g/mol. The minimum absolute atomic E-state index is 0.193. The molecule has 1 saturated carbocycles. The molecule has 3 rings (SSSR count). The summed E-state index contributed by atoms with van der Waals surface area (Å²) in [7, 11) is 0. The van der Waals surface area contributed by atoms with Crippen LogP contribution in [0.5, 0.6) is 0 Å². The van der Waals surface area contributed by atoms with Crippen LogP contribution >= 0.6 is 0 Å². The topological polar surface area (TPSA) is 50.9 Å². The molecule has 0 spiro atoms. The third-order valence-corrected chi connectivity index (χ3v) is 4.21. The van der Waals surface area contributed by atoms with E-state index in [-0.39, 0.29) is 6.04 Å². The number of rotatable bonds is 3. The number of hydrazine groups is 1. The van der Waals surface area contributed by atoms with Gasteiger partial charge in [0.2, 0.25) is 0 Å². The zero-order chi connectivity index (χ0) is 12.8. The van der Waals surface area contributed by atoms with Crippen molar-refractivity contribution < 1.29 is 0 Å². The summed E-state index contributed by atoms with van der Waals surface area (Å²) in [6.07, 6.45) is 5.07. The number of fused-ring (bicyclic) bond motifs is 1. The Labute approximate surface area is 107 Å². The van der Waals surface area contributed by atoms with Crippen LogP contribution < -0.4 is 11.3 Å². The fourth-order valence-electron chi connectivity index (χ4n) is 2.89. The average Bonchev–Trinajstić information content (AvgIpc) is 2.99. The number of nitrogens with zero attached hydrogens (tertiary/aromatic N) is 1. The maximum absolute atomic E-state index is 5.78. The smallest absolute Gasteiger partial charge is 0.0514 e. The Bertz CT molecular complexity index is 571. The van der Waals surface area contributed by atoms with Gasteiger partial charge in [0.15, 0.2) is 0 Å². The van der Waals surface area contributed by atoms with Crippen molar-refractivity contribution in [3.8, 4) is 0 Å². The molecule has 0 aliphatic heterocycles. The molecule has 1 aliphatic rings. The van der Waals surface area contributed by atoms with Crippen LogP contribution in [0.1, 0.15) is 31.9 Å². The van der Waals surface area contributed by atoms with E-state index in [0.717, 1.165) is 0 Å². The van der Waals surface area contributed by atoms with Gasteiger partial charge in [0, 0.05) is 17.8 Å². The van der Waals surface area contributed by atoms with Gasteiger partial charge in [0.1, 0.15) is 0 Å². The van der Waals surface area contributed by atoms with Gasteiger partial charge in [-0.05, 0) is 28.7 Å². The molecule has 2 atom stereocenters. The van der Waals surface area contributed by atoms with E-state index in [0.29, 0.717) is 11.3 Å². The molecule has 3 nitrogen and oxygen atoms in total. The minimum atomic E-state index is 0.193. The predicted octanol–water partition coefficient (Wildman–Crippen LogP) is 2.79. The van der Waals surface area contributed by atoms with Gasteiger partial charge in [-0.1, -0.05) is 38.1 Å². The summed E-state index contributed by atoms with van der Waals surface area (Å²) in [6.45, 7) is 4.58. The molecule has 2 aromatic rings. The summed E-state index contributed by atoms with van der Waals surface area (Å²) in [5.41, 5.74) is 4.59. The Hall–Kier alpha value is -1.45. The second-order valence-corrected chi connectivity index (χ2v) is 5.89. The molecule has 1 aromatic carbocycles. The van der Waals surface area contributed by atoms with Crippen molar-refractivity contribution in [3.63, 3.8) is 0 Å². The fraction of sp³-hybridized carbons (Fsp3) is 0.400. The minimum Gasteiger partial charge on any atom is -0.271 e.